The number of hydrogen-bond acceptors (Lipinski definition) is 3. The molecule has 0 rings (SSSR count). The van der Waals surface area contributed by atoms with Crippen molar-refractivity contribution in [1.82, 2.24) is 0 Å². The molecule has 102 heavy (non-hydrogen) atoms. The first-order valence-corrected chi connectivity index (χ1v) is 52.3. The highest BCUT2D eigenvalue weighted by molar-refractivity contribution is 8.68. The first-order chi connectivity index (χ1) is 50.8. The van der Waals surface area contributed by atoms with Gasteiger partial charge in [-0.25, -0.2) is 0 Å². The first-order valence-electron chi connectivity index (χ1n) is 49.8. The molecule has 3 heteroatoms. The zero-order valence-corrected chi connectivity index (χ0v) is 74.1. The average Bonchev–Trinajstić information content (AvgIpc) is 3.83. The van der Waals surface area contributed by atoms with E-state index in [0.29, 0.717) is 5.25 Å². The Morgan fingerprint density at radius 2 is 0.225 bits per heavy atom. The second-order valence-electron chi connectivity index (χ2n) is 34.9. The van der Waals surface area contributed by atoms with Crippen molar-refractivity contribution in [3.8, 4) is 0 Å². The molecule has 1 atom stereocenters. The summed E-state index contributed by atoms with van der Waals surface area (Å²) >= 11 is 9.17. The van der Waals surface area contributed by atoms with Gasteiger partial charge in [-0.2, -0.15) is 12.6 Å². The highest BCUT2D eigenvalue weighted by Crippen LogP contribution is 2.25. The van der Waals surface area contributed by atoms with E-state index in [1.165, 1.54) is 622 Å². The van der Waals surface area contributed by atoms with Crippen LogP contribution >= 0.6 is 35.1 Å². The lowest BCUT2D eigenvalue weighted by atomic mass is 10.0. The smallest absolute Gasteiger partial charge is 0.00345 e. The van der Waals surface area contributed by atoms with Crippen molar-refractivity contribution in [3.05, 3.63) is 0 Å². The van der Waals surface area contributed by atoms with E-state index in [1.807, 2.05) is 0 Å². The predicted molar refractivity (Wildman–Crippen MR) is 483 cm³/mol. The van der Waals surface area contributed by atoms with Gasteiger partial charge < -0.3 is 0 Å². The van der Waals surface area contributed by atoms with Gasteiger partial charge in [0.15, 0.2) is 0 Å². The van der Waals surface area contributed by atoms with Crippen LogP contribution in [0.15, 0.2) is 0 Å². The lowest BCUT2D eigenvalue weighted by molar-refractivity contribution is 0.505. The van der Waals surface area contributed by atoms with Gasteiger partial charge in [-0.05, 0) is 19.3 Å². The summed E-state index contributed by atoms with van der Waals surface area (Å²) in [6.45, 7) is 2.32. The van der Waals surface area contributed by atoms with Crippen LogP contribution in [0.1, 0.15) is 623 Å². The van der Waals surface area contributed by atoms with Crippen LogP contribution in [0.2, 0.25) is 0 Å². The third-order valence-corrected chi connectivity index (χ3v) is 25.9. The van der Waals surface area contributed by atoms with E-state index in [0.717, 1.165) is 0 Å². The van der Waals surface area contributed by atoms with Crippen LogP contribution in [0.3, 0.4) is 0 Å². The summed E-state index contributed by atoms with van der Waals surface area (Å²) in [5.74, 6) is 1.22. The van der Waals surface area contributed by atoms with Crippen molar-refractivity contribution in [2.24, 2.45) is 0 Å². The SMILES string of the molecule is CCCCCCCCCCCCCCCCCCCCCCCCCCCCCCCCCCCCCCCCCCCCCCCCCCCCCCCCCCCCCCCCCCCCCCCCCCCCCCCCCCCC(S)CCCCCCCCCCCCCCCSS. The van der Waals surface area contributed by atoms with Gasteiger partial charge in [0.05, 0.1) is 0 Å². The molecule has 0 aromatic rings. The summed E-state index contributed by atoms with van der Waals surface area (Å²) in [6.07, 6.45) is 142. The topological polar surface area (TPSA) is 0 Å². The Hall–Kier alpha value is 1.05. The number of unbranched alkanes of at least 4 members (excludes halogenated alkanes) is 92. The summed E-state index contributed by atoms with van der Waals surface area (Å²) < 4.78 is 0. The normalized spacial score (nSPS) is 12.1. The van der Waals surface area contributed by atoms with E-state index in [-0.39, 0.29) is 0 Å². The maximum atomic E-state index is 4.94. The monoisotopic (exact) mass is 1490 g/mol. The molecule has 0 aromatic carbocycles. The maximum Gasteiger partial charge on any atom is 0.00345 e. The number of hydrogen-bond donors (Lipinski definition) is 2. The molecule has 0 fully saturated rings. The fourth-order valence-corrected chi connectivity index (χ4v) is 18.1. The second-order valence-corrected chi connectivity index (χ2v) is 37.1. The first kappa shape index (κ1) is 103. The molecule has 0 saturated heterocycles. The van der Waals surface area contributed by atoms with E-state index in [9.17, 15) is 0 Å². The fourth-order valence-electron chi connectivity index (χ4n) is 17.1. The van der Waals surface area contributed by atoms with Gasteiger partial charge in [0.25, 0.3) is 0 Å². The summed E-state index contributed by atoms with van der Waals surface area (Å²) in [4.78, 5) is 0. The number of thiol groups is 2. The molecule has 0 nitrogen and oxygen atoms in total. The van der Waals surface area contributed by atoms with Crippen LogP contribution < -0.4 is 0 Å². The van der Waals surface area contributed by atoms with Crippen molar-refractivity contribution >= 4 is 35.1 Å². The van der Waals surface area contributed by atoms with Crippen LogP contribution in [0.5, 0.6) is 0 Å². The molecule has 0 spiro atoms. The van der Waals surface area contributed by atoms with Crippen molar-refractivity contribution < 1.29 is 0 Å². The standard InChI is InChI=1S/C99H200S3/c1-2-3-4-5-6-7-8-9-10-11-12-13-14-15-16-17-18-19-20-21-22-23-24-25-26-27-28-29-30-31-32-33-34-35-36-37-38-39-40-41-42-43-44-45-46-47-48-49-50-51-52-53-54-55-56-57-58-59-60-61-62-63-64-65-66-67-68-69-70-71-72-73-74-75-76-78-81-84-87-90-93-96-99(100)97-94-91-88-85-82-79-77-80-83-86-89-92-95-98-102-101/h99-101H,2-98H2,1H3. The van der Waals surface area contributed by atoms with Gasteiger partial charge >= 0.3 is 0 Å². The Labute approximate surface area is 664 Å². The quantitative estimate of drug-likeness (QED) is 0.0348. The fraction of sp³-hybridized carbons (Fsp3) is 1.00. The largest absolute Gasteiger partial charge is 0.176 e. The van der Waals surface area contributed by atoms with Crippen LogP contribution in [0.4, 0.5) is 0 Å². The molecule has 0 aliphatic heterocycles. The van der Waals surface area contributed by atoms with Gasteiger partial charge in [0, 0.05) is 11.0 Å². The van der Waals surface area contributed by atoms with E-state index in [4.69, 9.17) is 12.6 Å². The molecule has 0 heterocycles. The van der Waals surface area contributed by atoms with E-state index < -0.39 is 0 Å². The summed E-state index contributed by atoms with van der Waals surface area (Å²) in [5.41, 5.74) is 0. The Kier molecular flexibility index (Phi) is 101. The summed E-state index contributed by atoms with van der Waals surface area (Å²) in [6, 6.07) is 0. The van der Waals surface area contributed by atoms with Gasteiger partial charge in [-0.3, -0.25) is 0 Å². The molecule has 0 aromatic heterocycles. The lowest BCUT2D eigenvalue weighted by Crippen LogP contribution is -1.98. The third-order valence-electron chi connectivity index (χ3n) is 24.4. The van der Waals surface area contributed by atoms with Gasteiger partial charge in [0.2, 0.25) is 0 Å². The summed E-state index contributed by atoms with van der Waals surface area (Å²) in [5, 5.41) is 0.651. The van der Waals surface area contributed by atoms with Gasteiger partial charge in [-0.1, -0.05) is 615 Å². The Balaban J connectivity index is 3.11. The highest BCUT2D eigenvalue weighted by atomic mass is 33.1. The van der Waals surface area contributed by atoms with Crippen molar-refractivity contribution in [3.63, 3.8) is 0 Å². The maximum absolute atomic E-state index is 4.94. The molecule has 0 aliphatic rings. The molecule has 0 N–H and O–H groups in total. The molecule has 614 valence electrons. The van der Waals surface area contributed by atoms with Crippen LogP contribution in [-0.2, 0) is 0 Å². The average molecular weight is 1490 g/mol. The third kappa shape index (κ3) is 99.1. The van der Waals surface area contributed by atoms with Crippen LogP contribution in [0.25, 0.3) is 0 Å². The Morgan fingerprint density at radius 3 is 0.324 bits per heavy atom. The molecule has 0 aliphatic carbocycles. The van der Waals surface area contributed by atoms with Crippen molar-refractivity contribution in [2.75, 3.05) is 5.75 Å². The van der Waals surface area contributed by atoms with E-state index in [1.54, 1.807) is 10.8 Å². The molecular weight excluding hydrogens is 1290 g/mol. The highest BCUT2D eigenvalue weighted by Gasteiger charge is 2.06. The molecule has 0 saturated carbocycles. The zero-order chi connectivity index (χ0) is 72.9. The Morgan fingerprint density at radius 1 is 0.137 bits per heavy atom. The predicted octanol–water partition coefficient (Wildman–Crippen LogP) is 39.3. The minimum atomic E-state index is 0.651. The Bertz CT molecular complexity index is 1360. The minimum absolute atomic E-state index is 0.651. The van der Waals surface area contributed by atoms with Crippen LogP contribution in [-0.4, -0.2) is 11.0 Å². The zero-order valence-electron chi connectivity index (χ0n) is 71.5. The van der Waals surface area contributed by atoms with Crippen molar-refractivity contribution in [2.45, 2.75) is 629 Å². The summed E-state index contributed by atoms with van der Waals surface area (Å²) in [7, 11) is 1.69. The molecule has 0 bridgehead atoms. The minimum Gasteiger partial charge on any atom is -0.176 e. The van der Waals surface area contributed by atoms with E-state index in [2.05, 4.69) is 18.6 Å². The van der Waals surface area contributed by atoms with Gasteiger partial charge in [0.1, 0.15) is 0 Å². The lowest BCUT2D eigenvalue weighted by Gasteiger charge is -2.10. The van der Waals surface area contributed by atoms with Crippen LogP contribution in [0, 0.1) is 0 Å². The molecule has 0 radical (unpaired) electrons. The molecule has 0 amide bonds. The molecule has 1 unspecified atom stereocenters. The number of rotatable bonds is 98. The second kappa shape index (κ2) is 100. The van der Waals surface area contributed by atoms with E-state index >= 15 is 0 Å². The molecular formula is C99H200S3. The van der Waals surface area contributed by atoms with Gasteiger partial charge in [-0.15, -0.1) is 11.7 Å². The van der Waals surface area contributed by atoms with Crippen molar-refractivity contribution in [1.29, 1.82) is 0 Å².